The number of nitrogens with zero attached hydrogens (tertiary/aromatic N) is 4. The van der Waals surface area contributed by atoms with E-state index in [4.69, 9.17) is 49.5 Å². The number of ether oxygens (including phenoxy) is 12. The second kappa shape index (κ2) is 88.3. The number of methoxy groups -OCH3 is 1. The molecule has 0 amide bonds. The lowest BCUT2D eigenvalue weighted by molar-refractivity contribution is -0.890. The fourth-order valence-electron chi connectivity index (χ4n) is 6.61. The molecule has 0 aliphatic rings. The molecule has 1 rings (SSSR count). The minimum atomic E-state index is -4.31. The number of esters is 11. The number of aliphatic hydroxyl groups is 2. The lowest BCUT2D eigenvalue weighted by atomic mass is 10.2. The molecule has 816 valence electrons. The van der Waals surface area contributed by atoms with Gasteiger partial charge in [0.2, 0.25) is 0 Å². The zero-order valence-electron chi connectivity index (χ0n) is 88.2. The molecule has 0 bridgehead atoms. The molecule has 0 aliphatic heterocycles. The van der Waals surface area contributed by atoms with Crippen LogP contribution in [0.15, 0.2) is 169 Å². The van der Waals surface area contributed by atoms with Crippen LogP contribution in [0.1, 0.15) is 128 Å². The highest BCUT2D eigenvalue weighted by Gasteiger charge is 2.24. The third-order valence-electron chi connectivity index (χ3n) is 14.4. The molecular weight excluding hydrogens is 1920 g/mol. The van der Waals surface area contributed by atoms with E-state index in [9.17, 15) is 98.2 Å². The molecule has 0 heterocycles. The number of carbonyl (C=O) groups excluding carboxylic acids is 13. The van der Waals surface area contributed by atoms with Crippen LogP contribution in [-0.2, 0) is 149 Å². The molecule has 0 spiro atoms. The minimum absolute atomic E-state index is 0.0334. The second-order valence-corrected chi connectivity index (χ2v) is 39.3. The molecule has 1 unspecified atom stereocenters. The molecule has 6 N–H and O–H groups in total. The molecule has 0 aliphatic carbocycles. The van der Waals surface area contributed by atoms with Gasteiger partial charge < -0.3 is 124 Å². The van der Waals surface area contributed by atoms with E-state index in [0.29, 0.717) is 126 Å². The zero-order chi connectivity index (χ0) is 114. The van der Waals surface area contributed by atoms with Gasteiger partial charge in [-0.3, -0.25) is 9.59 Å². The Morgan fingerprint density at radius 3 is 1.06 bits per heavy atom. The highest BCUT2D eigenvalue weighted by molar-refractivity contribution is 7.86. The number of carbonyl (C=O) groups is 14. The van der Waals surface area contributed by atoms with Crippen LogP contribution in [0, 0.1) is 0 Å². The number of likely N-dealkylation sites (N-methyl/N-ethyl adjacent to an activating group) is 4. The number of aliphatic hydroxyl groups excluding tert-OH is 2. The van der Waals surface area contributed by atoms with Crippen molar-refractivity contribution in [2.45, 2.75) is 146 Å². The van der Waals surface area contributed by atoms with Crippen molar-refractivity contribution in [1.82, 2.24) is 4.90 Å². The van der Waals surface area contributed by atoms with Crippen molar-refractivity contribution >= 4 is 118 Å². The summed E-state index contributed by atoms with van der Waals surface area (Å²) in [5, 5.41) is 35.5. The third-order valence-corrected chi connectivity index (χ3v) is 16.7. The number of carboxylic acids is 2. The molecule has 0 saturated heterocycles. The number of aliphatic carboxylic acids is 2. The van der Waals surface area contributed by atoms with E-state index >= 15 is 0 Å². The number of benzene rings is 1. The maximum Gasteiger partial charge on any atom is 0.392 e. The van der Waals surface area contributed by atoms with Crippen molar-refractivity contribution in [3.05, 3.63) is 170 Å². The van der Waals surface area contributed by atoms with Gasteiger partial charge in [-0.1, -0.05) is 111 Å². The van der Waals surface area contributed by atoms with Gasteiger partial charge in [-0.2, -0.15) is 0 Å². The molecular formula is C96H163N5O38S2Si. The lowest BCUT2D eigenvalue weighted by Crippen LogP contribution is -2.50. The maximum absolute atomic E-state index is 11.1. The molecule has 0 saturated carbocycles. The van der Waals surface area contributed by atoms with E-state index < -0.39 is 88.6 Å². The SMILES string of the molecule is C=C(C)C(=O)OCC(C)O.C=C(C)C(=O)OCCCC.C=C(C)C(=O)OCCN.C=C(C)C(=O)OCCN(C)C.C=C(C)C(=O)OCCO.C=C(C)C(=O)OCCOC.C=C(C)C(=O)OCCOC(=O)CCC(=O)O.C=C(C)C(=O)OCC[N+](C)(C)C.C=C(C)C(=O)OCC[N+](C)(C)CC(=O)[O-].C=C(C)C(=O)OCC[N+](C)(C)CCCS(=O)(=O)[O-].C=C(C)C(=O)O[Si](C)(C)O.C=Cc1ccc(S(=O)(=O)[O-])cc1. The minimum Gasteiger partial charge on any atom is -0.748 e. The monoisotopic (exact) mass is 2090 g/mol. The summed E-state index contributed by atoms with van der Waals surface area (Å²) >= 11 is 0. The van der Waals surface area contributed by atoms with Gasteiger partial charge in [-0.05, 0) is 134 Å². The van der Waals surface area contributed by atoms with E-state index in [1.165, 1.54) is 44.3 Å². The van der Waals surface area contributed by atoms with Crippen molar-refractivity contribution in [2.75, 3.05) is 208 Å². The van der Waals surface area contributed by atoms with Crippen molar-refractivity contribution in [2.24, 2.45) is 5.73 Å². The predicted octanol–water partition coefficient (Wildman–Crippen LogP) is 6.38. The van der Waals surface area contributed by atoms with E-state index in [1.54, 1.807) is 103 Å². The largest absolute Gasteiger partial charge is 0.748 e. The van der Waals surface area contributed by atoms with Crippen LogP contribution in [0.5, 0.6) is 0 Å². The van der Waals surface area contributed by atoms with Gasteiger partial charge in [0, 0.05) is 93.7 Å². The van der Waals surface area contributed by atoms with E-state index in [1.807, 2.05) is 33.1 Å². The van der Waals surface area contributed by atoms with Crippen LogP contribution in [0.25, 0.3) is 6.08 Å². The standard InChI is InChI=1S/C11H21NO5S.C10H17NO4.C10H14O6.C9H18NO2.C8H15NO2.C8H8O3S.C8H14O2.2C7H12O3.C6H11NO2.C6H12O3Si.C6H10O3/c1-10(2)11(13)17-8-7-12(3,4)6-5-9-18(14,15)16;1-8(2)10(14)15-6-5-11(3,4)7-9(12)13;1-7(2)10(14)16-6-5-15-9(13)4-3-8(11)12;1-8(2)9(11)12-7-6-10(3,4)5;1-7(2)8(10)11-6-5-9(3)4;1-2-7-3-5-8(6-4-7)12(9,10)11;1-4-5-6-10-8(9)7(2)3;1-6(2)7(8)10-5-4-9-3;1-5(2)7(9)10-4-6(3)8;1-5(2)6(8)9-4-3-7;1-5(2)6(7)9-10(3,4)8;1-5(2)6(8)9-4-3-7/h1,5-9H2,2-4H3;1,5-7H2,2-4H3;1,3-6H2,2H3,(H,11,12);1,6-7H2,2-5H3;1,5-6H2,2-4H3;2-6H,1H2,(H,9,10,11);2,4-6H2,1,3H3;1,4-5H2,2-3H3;6,8H,1,4H2,2-3H3;1,3-4,7H2,2H3;8H,1H2,2-4H3;7H,1,3-4H2,2H3/q;;;+1;;;;;;;;/p-1. The predicted molar refractivity (Wildman–Crippen MR) is 535 cm³/mol. The number of quaternary nitrogens is 3. The first-order valence-electron chi connectivity index (χ1n) is 43.3. The summed E-state index contributed by atoms with van der Waals surface area (Å²) in [5.41, 5.74) is 9.99. The Labute approximate surface area is 842 Å². The first kappa shape index (κ1) is 153. The first-order valence-corrected chi connectivity index (χ1v) is 49.2. The molecule has 43 nitrogen and oxygen atoms in total. The zero-order valence-corrected chi connectivity index (χ0v) is 90.8. The van der Waals surface area contributed by atoms with Crippen LogP contribution >= 0.6 is 0 Å². The Morgan fingerprint density at radius 2 is 0.775 bits per heavy atom. The van der Waals surface area contributed by atoms with Crippen molar-refractivity contribution in [3.8, 4) is 0 Å². The van der Waals surface area contributed by atoms with Crippen molar-refractivity contribution in [1.29, 1.82) is 0 Å². The van der Waals surface area contributed by atoms with Gasteiger partial charge in [0.25, 0.3) is 0 Å². The van der Waals surface area contributed by atoms with Gasteiger partial charge >= 0.3 is 86.2 Å². The first-order chi connectivity index (χ1) is 64.7. The molecule has 1 atom stereocenters. The van der Waals surface area contributed by atoms with Gasteiger partial charge in [0.05, 0.1) is 116 Å². The van der Waals surface area contributed by atoms with Crippen molar-refractivity contribution in [3.63, 3.8) is 0 Å². The fraction of sp³-hybridized carbons (Fsp3) is 0.542. The smallest absolute Gasteiger partial charge is 0.392 e. The maximum atomic E-state index is 11.1. The Kier molecular flexibility index (Phi) is 95.2. The highest BCUT2D eigenvalue weighted by Crippen LogP contribution is 2.11. The van der Waals surface area contributed by atoms with Gasteiger partial charge in [0.15, 0.2) is 0 Å². The molecule has 0 fully saturated rings. The summed E-state index contributed by atoms with van der Waals surface area (Å²) in [4.78, 5) is 161. The van der Waals surface area contributed by atoms with Crippen LogP contribution < -0.4 is 10.8 Å². The average molecular weight is 2090 g/mol. The molecule has 0 aromatic heterocycles. The van der Waals surface area contributed by atoms with Crippen LogP contribution in [0.4, 0.5) is 0 Å². The number of hydrogen-bond acceptors (Lipinski definition) is 39. The summed E-state index contributed by atoms with van der Waals surface area (Å²) < 4.78 is 125. The van der Waals surface area contributed by atoms with Gasteiger partial charge in [0.1, 0.15) is 102 Å². The Bertz CT molecular complexity index is 4320. The van der Waals surface area contributed by atoms with Crippen molar-refractivity contribution < 1.29 is 193 Å². The van der Waals surface area contributed by atoms with E-state index in [0.717, 1.165) is 36.0 Å². The van der Waals surface area contributed by atoms with E-state index in [2.05, 4.69) is 145 Å². The average Bonchev–Trinajstić information content (AvgIpc) is 0.858. The molecule has 0 radical (unpaired) electrons. The Morgan fingerprint density at radius 1 is 0.458 bits per heavy atom. The summed E-state index contributed by atoms with van der Waals surface area (Å²) in [5.74, 6) is -7.68. The van der Waals surface area contributed by atoms with Crippen LogP contribution in [-0.4, -0.2) is 371 Å². The number of nitrogens with two attached hydrogens (primary N) is 1. The summed E-state index contributed by atoms with van der Waals surface area (Å²) in [6.07, 6.45) is 2.77. The number of carboxylic acid groups (broad SMARTS) is 2. The van der Waals surface area contributed by atoms with Gasteiger partial charge in [-0.15, -0.1) is 0 Å². The third kappa shape index (κ3) is 123. The number of rotatable bonds is 50. The Hall–Kier alpha value is -11.6. The normalized spacial score (nSPS) is 10.4. The lowest BCUT2D eigenvalue weighted by Gasteiger charge is -2.29. The Balaban J connectivity index is -0.000000147. The molecule has 1 aromatic carbocycles. The van der Waals surface area contributed by atoms with Crippen LogP contribution in [0.3, 0.4) is 0 Å². The molecule has 46 heteroatoms. The van der Waals surface area contributed by atoms with Crippen LogP contribution in [0.2, 0.25) is 13.1 Å². The van der Waals surface area contributed by atoms with Gasteiger partial charge in [-0.25, -0.2) is 69.6 Å². The fourth-order valence-corrected chi connectivity index (χ4v) is 8.19. The topological polar surface area (TPSA) is 607 Å². The summed E-state index contributed by atoms with van der Waals surface area (Å²) in [6.45, 7) is 71.1. The second-order valence-electron chi connectivity index (χ2n) is 33.3. The summed E-state index contributed by atoms with van der Waals surface area (Å²) in [7, 11) is 7.61. The molecule has 1 aromatic rings. The highest BCUT2D eigenvalue weighted by atomic mass is 32.2. The number of unbranched alkanes of at least 4 members (excludes halogenated alkanes) is 1. The van der Waals surface area contributed by atoms with E-state index in [-0.39, 0.29) is 123 Å². The quantitative estimate of drug-likeness (QED) is 0.00897. The molecule has 142 heavy (non-hydrogen) atoms. The number of hydrogen-bond donors (Lipinski definition) is 5. The summed E-state index contributed by atoms with van der Waals surface area (Å²) in [6, 6.07) is 5.58.